The van der Waals surface area contributed by atoms with E-state index in [2.05, 4.69) is 19.9 Å². The van der Waals surface area contributed by atoms with Gasteiger partial charge in [-0.05, 0) is 43.0 Å². The van der Waals surface area contributed by atoms with Crippen LogP contribution >= 0.6 is 0 Å². The smallest absolute Gasteiger partial charge is 0.262 e. The molecule has 0 aliphatic carbocycles. The van der Waals surface area contributed by atoms with E-state index in [0.29, 0.717) is 36.2 Å². The summed E-state index contributed by atoms with van der Waals surface area (Å²) in [5, 5.41) is 6.74. The molecular weight excluding hydrogens is 333 g/mol. The van der Waals surface area contributed by atoms with Crippen LogP contribution in [0.1, 0.15) is 25.6 Å². The van der Waals surface area contributed by atoms with Crippen molar-refractivity contribution in [1.82, 2.24) is 24.2 Å². The molecule has 0 amide bonds. The van der Waals surface area contributed by atoms with E-state index in [1.807, 2.05) is 6.92 Å². The number of H-pyrrole nitrogens is 1. The van der Waals surface area contributed by atoms with Crippen molar-refractivity contribution in [2.75, 3.05) is 13.1 Å². The Bertz CT molecular complexity index is 790. The topological polar surface area (TPSA) is 91.0 Å². The van der Waals surface area contributed by atoms with Gasteiger partial charge in [0.05, 0.1) is 6.54 Å². The van der Waals surface area contributed by atoms with Gasteiger partial charge in [0.1, 0.15) is 11.6 Å². The zero-order chi connectivity index (χ0) is 17.2. The van der Waals surface area contributed by atoms with E-state index in [-0.39, 0.29) is 12.4 Å². The van der Waals surface area contributed by atoms with Crippen molar-refractivity contribution in [3.63, 3.8) is 0 Å². The molecule has 1 fully saturated rings. The molecule has 130 valence electrons. The van der Waals surface area contributed by atoms with Crippen LogP contribution in [-0.2, 0) is 16.8 Å². The first kappa shape index (κ1) is 17.0. The second-order valence-corrected chi connectivity index (χ2v) is 7.80. The molecule has 1 atom stereocenters. The predicted molar refractivity (Wildman–Crippen MR) is 87.5 cm³/mol. The van der Waals surface area contributed by atoms with Crippen LogP contribution in [0.5, 0.6) is 0 Å². The molecular formula is C15H20FN5O2S. The van der Waals surface area contributed by atoms with Gasteiger partial charge in [0.2, 0.25) is 0 Å². The zero-order valence-electron chi connectivity index (χ0n) is 13.4. The molecule has 1 unspecified atom stereocenters. The van der Waals surface area contributed by atoms with Crippen LogP contribution < -0.4 is 4.72 Å². The first-order valence-corrected chi connectivity index (χ1v) is 9.30. The van der Waals surface area contributed by atoms with Crippen LogP contribution in [0.15, 0.2) is 24.3 Å². The number of benzene rings is 1. The monoisotopic (exact) mass is 353 g/mol. The number of aromatic amines is 1. The zero-order valence-corrected chi connectivity index (χ0v) is 14.2. The van der Waals surface area contributed by atoms with Gasteiger partial charge in [-0.3, -0.25) is 5.10 Å². The molecule has 0 bridgehead atoms. The Balaban J connectivity index is 1.63. The number of rotatable bonds is 5. The molecule has 2 N–H and O–H groups in total. The molecule has 1 saturated heterocycles. The summed E-state index contributed by atoms with van der Waals surface area (Å²) in [5.74, 6) is 0.836. The average molecular weight is 353 g/mol. The summed E-state index contributed by atoms with van der Waals surface area (Å²) in [4.78, 5) is 4.24. The lowest BCUT2D eigenvalue weighted by Crippen LogP contribution is -2.45. The van der Waals surface area contributed by atoms with E-state index >= 15 is 0 Å². The van der Waals surface area contributed by atoms with E-state index in [0.717, 1.165) is 12.8 Å². The number of aromatic nitrogens is 3. The highest BCUT2D eigenvalue weighted by molar-refractivity contribution is 7.87. The number of halogens is 1. The van der Waals surface area contributed by atoms with E-state index in [1.54, 1.807) is 12.1 Å². The van der Waals surface area contributed by atoms with Crippen molar-refractivity contribution in [3.05, 3.63) is 35.9 Å². The fourth-order valence-corrected chi connectivity index (χ4v) is 4.04. The summed E-state index contributed by atoms with van der Waals surface area (Å²) in [6.45, 7) is 3.15. The van der Waals surface area contributed by atoms with E-state index in [4.69, 9.17) is 0 Å². The summed E-state index contributed by atoms with van der Waals surface area (Å²) in [5.41, 5.74) is 0.659. The van der Waals surface area contributed by atoms with Crippen LogP contribution in [-0.4, -0.2) is 41.0 Å². The standard InChI is InChI=1S/C15H20FN5O2S/c1-11-3-2-8-21(10-11)24(22,23)17-9-14-18-15(20-19-14)12-4-6-13(16)7-5-12/h4-7,11,17H,2-3,8-10H2,1H3,(H,18,19,20). The van der Waals surface area contributed by atoms with Crippen molar-refractivity contribution < 1.29 is 12.8 Å². The molecule has 0 saturated carbocycles. The third-order valence-corrected chi connectivity index (χ3v) is 5.54. The number of nitrogens with one attached hydrogen (secondary N) is 2. The van der Waals surface area contributed by atoms with Crippen LogP contribution in [0.25, 0.3) is 11.4 Å². The van der Waals surface area contributed by atoms with Crippen LogP contribution in [0, 0.1) is 11.7 Å². The van der Waals surface area contributed by atoms with Crippen molar-refractivity contribution >= 4 is 10.2 Å². The maximum atomic E-state index is 12.9. The van der Waals surface area contributed by atoms with Gasteiger partial charge in [0, 0.05) is 18.7 Å². The lowest BCUT2D eigenvalue weighted by molar-refractivity contribution is 0.278. The summed E-state index contributed by atoms with van der Waals surface area (Å²) < 4.78 is 41.6. The quantitative estimate of drug-likeness (QED) is 0.855. The Morgan fingerprint density at radius 2 is 2.12 bits per heavy atom. The Morgan fingerprint density at radius 1 is 1.38 bits per heavy atom. The minimum Gasteiger partial charge on any atom is -0.262 e. The van der Waals surface area contributed by atoms with Crippen molar-refractivity contribution in [2.24, 2.45) is 5.92 Å². The van der Waals surface area contributed by atoms with E-state index in [9.17, 15) is 12.8 Å². The van der Waals surface area contributed by atoms with Crippen LogP contribution in [0.3, 0.4) is 0 Å². The van der Waals surface area contributed by atoms with Gasteiger partial charge >= 0.3 is 0 Å². The van der Waals surface area contributed by atoms with Gasteiger partial charge in [-0.1, -0.05) is 6.92 Å². The van der Waals surface area contributed by atoms with Gasteiger partial charge in [0.25, 0.3) is 10.2 Å². The summed E-state index contributed by atoms with van der Waals surface area (Å²) >= 11 is 0. The third-order valence-electron chi connectivity index (χ3n) is 4.02. The molecule has 0 spiro atoms. The molecule has 3 rings (SSSR count). The highest BCUT2D eigenvalue weighted by Crippen LogP contribution is 2.18. The lowest BCUT2D eigenvalue weighted by atomic mass is 10.0. The molecule has 9 heteroatoms. The summed E-state index contributed by atoms with van der Waals surface area (Å²) in [6, 6.07) is 5.79. The fourth-order valence-electron chi connectivity index (χ4n) is 2.72. The summed E-state index contributed by atoms with van der Waals surface area (Å²) in [6.07, 6.45) is 1.92. The second kappa shape index (κ2) is 6.96. The normalized spacial score (nSPS) is 19.5. The Morgan fingerprint density at radius 3 is 2.83 bits per heavy atom. The largest absolute Gasteiger partial charge is 0.279 e. The molecule has 24 heavy (non-hydrogen) atoms. The maximum absolute atomic E-state index is 12.9. The molecule has 2 heterocycles. The Kier molecular flexibility index (Phi) is 4.93. The average Bonchev–Trinajstić information content (AvgIpc) is 3.03. The van der Waals surface area contributed by atoms with Gasteiger partial charge in [0.15, 0.2) is 5.82 Å². The first-order valence-electron chi connectivity index (χ1n) is 7.86. The van der Waals surface area contributed by atoms with Crippen molar-refractivity contribution in [1.29, 1.82) is 0 Å². The summed E-state index contributed by atoms with van der Waals surface area (Å²) in [7, 11) is -3.53. The Hall–Kier alpha value is -1.84. The van der Waals surface area contributed by atoms with Crippen LogP contribution in [0.4, 0.5) is 4.39 Å². The molecule has 1 aromatic heterocycles. The van der Waals surface area contributed by atoms with Gasteiger partial charge in [-0.2, -0.15) is 22.5 Å². The molecule has 0 radical (unpaired) electrons. The maximum Gasteiger partial charge on any atom is 0.279 e. The molecule has 1 aliphatic heterocycles. The number of piperidine rings is 1. The number of hydrogen-bond acceptors (Lipinski definition) is 4. The van der Waals surface area contributed by atoms with Crippen molar-refractivity contribution in [3.8, 4) is 11.4 Å². The van der Waals surface area contributed by atoms with E-state index in [1.165, 1.54) is 16.4 Å². The lowest BCUT2D eigenvalue weighted by Gasteiger charge is -2.29. The third kappa shape index (κ3) is 3.97. The SMILES string of the molecule is CC1CCCN(S(=O)(=O)NCc2nc(-c3ccc(F)cc3)n[nH]2)C1. The molecule has 7 nitrogen and oxygen atoms in total. The predicted octanol–water partition coefficient (Wildman–Crippen LogP) is 1.68. The second-order valence-electron chi connectivity index (χ2n) is 6.04. The highest BCUT2D eigenvalue weighted by atomic mass is 32.2. The molecule has 2 aromatic rings. The van der Waals surface area contributed by atoms with E-state index < -0.39 is 10.2 Å². The minimum absolute atomic E-state index is 0.0292. The van der Waals surface area contributed by atoms with Crippen molar-refractivity contribution in [2.45, 2.75) is 26.3 Å². The Labute approximate surface area is 140 Å². The number of nitrogens with zero attached hydrogens (tertiary/aromatic N) is 3. The number of hydrogen-bond donors (Lipinski definition) is 2. The van der Waals surface area contributed by atoms with Gasteiger partial charge < -0.3 is 0 Å². The van der Waals surface area contributed by atoms with Gasteiger partial charge in [-0.15, -0.1) is 0 Å². The fraction of sp³-hybridized carbons (Fsp3) is 0.467. The molecule has 1 aliphatic rings. The highest BCUT2D eigenvalue weighted by Gasteiger charge is 2.26. The first-order chi connectivity index (χ1) is 11.4. The minimum atomic E-state index is -3.53. The van der Waals surface area contributed by atoms with Crippen LogP contribution in [0.2, 0.25) is 0 Å². The molecule has 1 aromatic carbocycles. The van der Waals surface area contributed by atoms with Gasteiger partial charge in [-0.25, -0.2) is 9.37 Å².